The van der Waals surface area contributed by atoms with E-state index in [0.29, 0.717) is 25.8 Å². The van der Waals surface area contributed by atoms with Crippen molar-refractivity contribution in [2.45, 2.75) is 89.6 Å². The van der Waals surface area contributed by atoms with Gasteiger partial charge in [-0.05, 0) is 24.8 Å². The molecule has 3 amide bonds. The molecule has 1 fully saturated rings. The van der Waals surface area contributed by atoms with Gasteiger partial charge in [0, 0.05) is 26.4 Å². The Labute approximate surface area is 187 Å². The lowest BCUT2D eigenvalue weighted by Gasteiger charge is -2.30. The first kappa shape index (κ1) is 24.9. The van der Waals surface area contributed by atoms with Crippen molar-refractivity contribution in [2.24, 2.45) is 0 Å². The van der Waals surface area contributed by atoms with Crippen molar-refractivity contribution in [1.82, 2.24) is 15.5 Å². The number of nitrogens with zero attached hydrogens (tertiary/aromatic N) is 1. The highest BCUT2D eigenvalue weighted by atomic mass is 16.2. The number of carbonyl (C=O) groups excluding carboxylic acids is 3. The Balaban J connectivity index is 2.04. The minimum Gasteiger partial charge on any atom is -0.354 e. The molecule has 0 spiro atoms. The predicted octanol–water partition coefficient (Wildman–Crippen LogP) is 3.59. The summed E-state index contributed by atoms with van der Waals surface area (Å²) in [5.41, 5.74) is 0.993. The molecule has 6 nitrogen and oxygen atoms in total. The Kier molecular flexibility index (Phi) is 11.1. The van der Waals surface area contributed by atoms with Gasteiger partial charge in [0.1, 0.15) is 12.1 Å². The van der Waals surface area contributed by atoms with Crippen molar-refractivity contribution in [3.8, 4) is 0 Å². The molecule has 2 rings (SSSR count). The van der Waals surface area contributed by atoms with E-state index < -0.39 is 12.1 Å². The third kappa shape index (κ3) is 8.72. The number of nitrogens with one attached hydrogen (secondary N) is 2. The molecule has 0 unspecified atom stereocenters. The smallest absolute Gasteiger partial charge is 0.243 e. The fourth-order valence-corrected chi connectivity index (χ4v) is 3.99. The van der Waals surface area contributed by atoms with Gasteiger partial charge in [0.15, 0.2) is 0 Å². The van der Waals surface area contributed by atoms with Gasteiger partial charge in [0.05, 0.1) is 0 Å². The van der Waals surface area contributed by atoms with Crippen LogP contribution in [-0.2, 0) is 20.8 Å². The lowest BCUT2D eigenvalue weighted by atomic mass is 10.0. The molecule has 1 heterocycles. The second kappa shape index (κ2) is 13.8. The van der Waals surface area contributed by atoms with Crippen molar-refractivity contribution >= 4 is 17.7 Å². The molecule has 2 atom stereocenters. The van der Waals surface area contributed by atoms with E-state index in [4.69, 9.17) is 0 Å². The molecule has 1 saturated heterocycles. The number of hydrogen-bond acceptors (Lipinski definition) is 3. The summed E-state index contributed by atoms with van der Waals surface area (Å²) in [6.45, 7) is 2.82. The summed E-state index contributed by atoms with van der Waals surface area (Å²) in [6, 6.07) is 8.55. The molecule has 1 aromatic rings. The van der Waals surface area contributed by atoms with Gasteiger partial charge < -0.3 is 15.5 Å². The summed E-state index contributed by atoms with van der Waals surface area (Å²) >= 11 is 0. The van der Waals surface area contributed by atoms with Crippen LogP contribution >= 0.6 is 0 Å². The first-order chi connectivity index (χ1) is 15.0. The van der Waals surface area contributed by atoms with E-state index in [1.165, 1.54) is 12.8 Å². The molecule has 31 heavy (non-hydrogen) atoms. The third-order valence-electron chi connectivity index (χ3n) is 6.03. The standard InChI is InChI=1S/C25H39N3O3/c1-3-4-5-6-12-17-23(29)28(2)22(19-20-14-9-7-10-15-20)25(31)27-21-16-11-8-13-18-26-24(21)30/h7,9-10,14-15,21-22H,3-6,8,11-13,16-19H2,1-2H3,(H,26,30)(H,27,31)/t21-,22-/m0/s1. The highest BCUT2D eigenvalue weighted by Crippen LogP contribution is 2.14. The van der Waals surface area contributed by atoms with Crippen LogP contribution in [0.3, 0.4) is 0 Å². The number of hydrogen-bond donors (Lipinski definition) is 2. The molecule has 2 N–H and O–H groups in total. The second-order valence-electron chi connectivity index (χ2n) is 8.58. The minimum atomic E-state index is -0.635. The molecule has 0 aromatic heterocycles. The van der Waals surface area contributed by atoms with Crippen molar-refractivity contribution in [3.63, 3.8) is 0 Å². The largest absolute Gasteiger partial charge is 0.354 e. The van der Waals surface area contributed by atoms with Crippen LogP contribution in [0.25, 0.3) is 0 Å². The fraction of sp³-hybridized carbons (Fsp3) is 0.640. The maximum atomic E-state index is 13.2. The van der Waals surface area contributed by atoms with Crippen LogP contribution in [0.15, 0.2) is 30.3 Å². The van der Waals surface area contributed by atoms with Gasteiger partial charge in [0.25, 0.3) is 0 Å². The van der Waals surface area contributed by atoms with Crippen molar-refractivity contribution in [1.29, 1.82) is 0 Å². The van der Waals surface area contributed by atoms with E-state index in [1.54, 1.807) is 11.9 Å². The van der Waals surface area contributed by atoms with Crippen LogP contribution in [0.5, 0.6) is 0 Å². The monoisotopic (exact) mass is 429 g/mol. The van der Waals surface area contributed by atoms with Crippen molar-refractivity contribution in [3.05, 3.63) is 35.9 Å². The number of rotatable bonds is 11. The predicted molar refractivity (Wildman–Crippen MR) is 123 cm³/mol. The zero-order valence-electron chi connectivity index (χ0n) is 19.2. The van der Waals surface area contributed by atoms with E-state index in [0.717, 1.165) is 44.1 Å². The Morgan fingerprint density at radius 1 is 1.10 bits per heavy atom. The Morgan fingerprint density at radius 2 is 1.84 bits per heavy atom. The average molecular weight is 430 g/mol. The zero-order chi connectivity index (χ0) is 22.5. The number of likely N-dealkylation sites (N-methyl/N-ethyl adjacent to an activating group) is 1. The average Bonchev–Trinajstić information content (AvgIpc) is 2.77. The molecule has 0 bridgehead atoms. The highest BCUT2D eigenvalue weighted by molar-refractivity contribution is 5.92. The van der Waals surface area contributed by atoms with Gasteiger partial charge in [-0.2, -0.15) is 0 Å². The van der Waals surface area contributed by atoms with E-state index in [9.17, 15) is 14.4 Å². The summed E-state index contributed by atoms with van der Waals surface area (Å²) in [5.74, 6) is -0.405. The van der Waals surface area contributed by atoms with Crippen LogP contribution < -0.4 is 10.6 Å². The normalized spacial score (nSPS) is 17.7. The van der Waals surface area contributed by atoms with E-state index >= 15 is 0 Å². The van der Waals surface area contributed by atoms with E-state index in [2.05, 4.69) is 17.6 Å². The second-order valence-corrected chi connectivity index (χ2v) is 8.58. The maximum absolute atomic E-state index is 13.2. The van der Waals surface area contributed by atoms with Crippen molar-refractivity contribution in [2.75, 3.05) is 13.6 Å². The molecule has 1 aliphatic rings. The van der Waals surface area contributed by atoms with Crippen LogP contribution in [0.4, 0.5) is 0 Å². The molecule has 0 aliphatic carbocycles. The Bertz CT molecular complexity index is 693. The number of unbranched alkanes of at least 4 members (excludes halogenated alkanes) is 4. The van der Waals surface area contributed by atoms with E-state index in [1.807, 2.05) is 30.3 Å². The first-order valence-corrected chi connectivity index (χ1v) is 11.9. The van der Waals surface area contributed by atoms with Crippen molar-refractivity contribution < 1.29 is 14.4 Å². The quantitative estimate of drug-likeness (QED) is 0.528. The molecule has 1 aliphatic heterocycles. The zero-order valence-corrected chi connectivity index (χ0v) is 19.2. The van der Waals surface area contributed by atoms with Crippen LogP contribution in [0, 0.1) is 0 Å². The number of amides is 3. The molecular weight excluding hydrogens is 390 g/mol. The summed E-state index contributed by atoms with van der Waals surface area (Å²) in [5, 5.41) is 5.82. The van der Waals surface area contributed by atoms with Gasteiger partial charge >= 0.3 is 0 Å². The van der Waals surface area contributed by atoms with Crippen LogP contribution in [0.2, 0.25) is 0 Å². The minimum absolute atomic E-state index is 0.0188. The van der Waals surface area contributed by atoms with Gasteiger partial charge in [-0.3, -0.25) is 14.4 Å². The van der Waals surface area contributed by atoms with Gasteiger partial charge in [-0.25, -0.2) is 0 Å². The molecule has 172 valence electrons. The Morgan fingerprint density at radius 3 is 2.58 bits per heavy atom. The molecule has 1 aromatic carbocycles. The first-order valence-electron chi connectivity index (χ1n) is 11.9. The maximum Gasteiger partial charge on any atom is 0.243 e. The fourth-order valence-electron chi connectivity index (χ4n) is 3.99. The molecule has 0 saturated carbocycles. The summed E-state index contributed by atoms with van der Waals surface area (Å²) in [6.07, 6.45) is 9.79. The SMILES string of the molecule is CCCCCCCC(=O)N(C)[C@@H](Cc1ccccc1)C(=O)N[C@H]1CCCCCNC1=O. The molecule has 6 heteroatoms. The van der Waals surface area contributed by atoms with Gasteiger partial charge in [-0.1, -0.05) is 75.8 Å². The Hall–Kier alpha value is -2.37. The number of carbonyl (C=O) groups is 3. The summed E-state index contributed by atoms with van der Waals surface area (Å²) < 4.78 is 0. The lowest BCUT2D eigenvalue weighted by Crippen LogP contribution is -2.55. The van der Waals surface area contributed by atoms with Gasteiger partial charge in [0.2, 0.25) is 17.7 Å². The molecular formula is C25H39N3O3. The van der Waals surface area contributed by atoms with E-state index in [-0.39, 0.29) is 17.7 Å². The topological polar surface area (TPSA) is 78.5 Å². The third-order valence-corrected chi connectivity index (χ3v) is 6.03. The number of benzene rings is 1. The highest BCUT2D eigenvalue weighted by Gasteiger charge is 2.30. The summed E-state index contributed by atoms with van der Waals surface area (Å²) in [4.78, 5) is 40.1. The molecule has 0 radical (unpaired) electrons. The van der Waals surface area contributed by atoms with Crippen LogP contribution in [0.1, 0.15) is 76.7 Å². The van der Waals surface area contributed by atoms with Crippen LogP contribution in [-0.4, -0.2) is 48.3 Å². The lowest BCUT2D eigenvalue weighted by molar-refractivity contribution is -0.140. The van der Waals surface area contributed by atoms with Gasteiger partial charge in [-0.15, -0.1) is 0 Å². The summed E-state index contributed by atoms with van der Waals surface area (Å²) in [7, 11) is 1.71.